The van der Waals surface area contributed by atoms with Crippen molar-refractivity contribution in [2.24, 2.45) is 0 Å². The summed E-state index contributed by atoms with van der Waals surface area (Å²) in [7, 11) is 0. The molecule has 5 nitrogen and oxygen atoms in total. The molecule has 2 aromatic carbocycles. The molecule has 0 aliphatic heterocycles. The van der Waals surface area contributed by atoms with Crippen LogP contribution in [0.25, 0.3) is 6.08 Å². The second-order valence-corrected chi connectivity index (χ2v) is 6.06. The van der Waals surface area contributed by atoms with Gasteiger partial charge in [0.2, 0.25) is 5.91 Å². The van der Waals surface area contributed by atoms with E-state index in [1.54, 1.807) is 24.3 Å². The molecule has 0 aliphatic carbocycles. The topological polar surface area (TPSA) is 71.3 Å². The summed E-state index contributed by atoms with van der Waals surface area (Å²) in [5.41, 5.74) is 0.584. The summed E-state index contributed by atoms with van der Waals surface area (Å²) in [5.74, 6) is -1.07. The molecule has 0 aromatic heterocycles. The molecular weight excluding hydrogens is 378 g/mol. The summed E-state index contributed by atoms with van der Waals surface area (Å²) in [6.45, 7) is 4.88. The van der Waals surface area contributed by atoms with Crippen LogP contribution in [0.1, 0.15) is 37.4 Å². The average molecular weight is 400 g/mol. The lowest BCUT2D eigenvalue weighted by Crippen LogP contribution is -2.26. The minimum Gasteiger partial charge on any atom is -0.490 e. The lowest BCUT2D eigenvalue weighted by atomic mass is 10.1. The molecule has 0 heterocycles. The van der Waals surface area contributed by atoms with Gasteiger partial charge < -0.3 is 14.8 Å². The number of ether oxygens (including phenoxy) is 2. The number of nitriles is 1. The van der Waals surface area contributed by atoms with Crippen LogP contribution in [0.5, 0.6) is 11.5 Å². The number of hydrogen-bond acceptors (Lipinski definition) is 4. The largest absolute Gasteiger partial charge is 0.490 e. The van der Waals surface area contributed by atoms with E-state index in [2.05, 4.69) is 5.32 Å². The number of benzene rings is 2. The van der Waals surface area contributed by atoms with E-state index in [0.717, 1.165) is 18.6 Å². The molecule has 1 amide bonds. The summed E-state index contributed by atoms with van der Waals surface area (Å²) in [6, 6.07) is 8.64. The van der Waals surface area contributed by atoms with E-state index in [1.165, 1.54) is 12.2 Å². The molecule has 7 heteroatoms. The zero-order valence-corrected chi connectivity index (χ0v) is 16.2. The zero-order chi connectivity index (χ0) is 21.2. The Bertz CT molecular complexity index is 923. The van der Waals surface area contributed by atoms with Gasteiger partial charge in [0, 0.05) is 17.7 Å². The maximum atomic E-state index is 13.8. The number of carbonyl (C=O) groups excluding carboxylic acids is 1. The van der Waals surface area contributed by atoms with Crippen molar-refractivity contribution in [2.45, 2.75) is 26.3 Å². The molecule has 2 rings (SSSR count). The fourth-order valence-corrected chi connectivity index (χ4v) is 2.51. The SMILES string of the molecule is CCCOc1ccc(/C=C/C(=O)NC(C#N)c2ccc(F)cc2F)cc1OCC. The Balaban J connectivity index is 2.11. The van der Waals surface area contributed by atoms with Gasteiger partial charge in [0.05, 0.1) is 19.3 Å². The van der Waals surface area contributed by atoms with Crippen molar-refractivity contribution < 1.29 is 23.0 Å². The standard InChI is InChI=1S/C22H22F2N2O3/c1-3-11-29-20-9-5-15(12-21(20)28-4-2)6-10-22(27)26-19(14-25)17-8-7-16(23)13-18(17)24/h5-10,12-13,19H,3-4,11H2,1-2H3,(H,26,27)/b10-6+. The van der Waals surface area contributed by atoms with Gasteiger partial charge in [-0.25, -0.2) is 8.78 Å². The molecule has 1 unspecified atom stereocenters. The third-order valence-corrected chi connectivity index (χ3v) is 3.85. The summed E-state index contributed by atoms with van der Waals surface area (Å²) in [5, 5.41) is 11.6. The highest BCUT2D eigenvalue weighted by molar-refractivity contribution is 5.92. The number of nitrogens with zero attached hydrogens (tertiary/aromatic N) is 1. The van der Waals surface area contributed by atoms with Gasteiger partial charge in [0.25, 0.3) is 0 Å². The van der Waals surface area contributed by atoms with E-state index in [0.29, 0.717) is 36.3 Å². The molecule has 0 bridgehead atoms. The van der Waals surface area contributed by atoms with Crippen LogP contribution < -0.4 is 14.8 Å². The molecule has 0 fully saturated rings. The molecule has 152 valence electrons. The fourth-order valence-electron chi connectivity index (χ4n) is 2.51. The van der Waals surface area contributed by atoms with Crippen LogP contribution in [0.2, 0.25) is 0 Å². The Morgan fingerprint density at radius 2 is 1.97 bits per heavy atom. The van der Waals surface area contributed by atoms with Gasteiger partial charge in [-0.3, -0.25) is 4.79 Å². The molecule has 29 heavy (non-hydrogen) atoms. The van der Waals surface area contributed by atoms with Crippen molar-refractivity contribution in [2.75, 3.05) is 13.2 Å². The van der Waals surface area contributed by atoms with Crippen LogP contribution in [0.3, 0.4) is 0 Å². The molecule has 0 aliphatic rings. The third-order valence-electron chi connectivity index (χ3n) is 3.85. The molecule has 0 saturated carbocycles. The fraction of sp³-hybridized carbons (Fsp3) is 0.273. The van der Waals surface area contributed by atoms with Gasteiger partial charge in [0.1, 0.15) is 17.7 Å². The first kappa shape index (κ1) is 21.9. The van der Waals surface area contributed by atoms with Crippen molar-refractivity contribution in [3.63, 3.8) is 0 Å². The lowest BCUT2D eigenvalue weighted by Gasteiger charge is -2.12. The number of hydrogen-bond donors (Lipinski definition) is 1. The molecule has 0 saturated heterocycles. The molecule has 1 atom stereocenters. The first-order valence-corrected chi connectivity index (χ1v) is 9.21. The number of carbonyl (C=O) groups is 1. The number of halogens is 2. The van der Waals surface area contributed by atoms with Gasteiger partial charge in [-0.1, -0.05) is 19.1 Å². The highest BCUT2D eigenvalue weighted by Crippen LogP contribution is 2.29. The molecule has 1 N–H and O–H groups in total. The van der Waals surface area contributed by atoms with Gasteiger partial charge in [0.15, 0.2) is 11.5 Å². The van der Waals surface area contributed by atoms with Crippen molar-refractivity contribution in [3.8, 4) is 17.6 Å². The minimum atomic E-state index is -1.24. The van der Waals surface area contributed by atoms with Crippen molar-refractivity contribution in [1.82, 2.24) is 5.32 Å². The Labute approximate surface area is 168 Å². The van der Waals surface area contributed by atoms with Crippen LogP contribution in [-0.2, 0) is 4.79 Å². The molecule has 0 spiro atoms. The van der Waals surface area contributed by atoms with Crippen molar-refractivity contribution in [3.05, 3.63) is 65.2 Å². The third kappa shape index (κ3) is 6.32. The van der Waals surface area contributed by atoms with Crippen LogP contribution in [0, 0.1) is 23.0 Å². The van der Waals surface area contributed by atoms with Crippen LogP contribution >= 0.6 is 0 Å². The van der Waals surface area contributed by atoms with E-state index >= 15 is 0 Å². The maximum absolute atomic E-state index is 13.8. The van der Waals surface area contributed by atoms with Crippen LogP contribution in [0.4, 0.5) is 8.78 Å². The smallest absolute Gasteiger partial charge is 0.245 e. The monoisotopic (exact) mass is 400 g/mol. The first-order valence-electron chi connectivity index (χ1n) is 9.21. The van der Waals surface area contributed by atoms with E-state index in [4.69, 9.17) is 9.47 Å². The summed E-state index contributed by atoms with van der Waals surface area (Å²) in [4.78, 5) is 12.2. The predicted molar refractivity (Wildman–Crippen MR) is 105 cm³/mol. The first-order chi connectivity index (χ1) is 14.0. The Morgan fingerprint density at radius 1 is 1.17 bits per heavy atom. The normalized spacial score (nSPS) is 11.7. The van der Waals surface area contributed by atoms with E-state index in [-0.39, 0.29) is 5.56 Å². The maximum Gasteiger partial charge on any atom is 0.245 e. The van der Waals surface area contributed by atoms with E-state index in [1.807, 2.05) is 13.8 Å². The lowest BCUT2D eigenvalue weighted by molar-refractivity contribution is -0.116. The number of rotatable bonds is 9. The van der Waals surface area contributed by atoms with Gasteiger partial charge in [-0.2, -0.15) is 5.26 Å². The zero-order valence-electron chi connectivity index (χ0n) is 16.2. The molecular formula is C22H22F2N2O3. The van der Waals surface area contributed by atoms with Gasteiger partial charge in [-0.15, -0.1) is 0 Å². The van der Waals surface area contributed by atoms with E-state index < -0.39 is 23.6 Å². The Hall–Kier alpha value is -3.40. The highest BCUT2D eigenvalue weighted by Gasteiger charge is 2.17. The quantitative estimate of drug-likeness (QED) is 0.627. The van der Waals surface area contributed by atoms with Gasteiger partial charge >= 0.3 is 0 Å². The molecule has 0 radical (unpaired) electrons. The summed E-state index contributed by atoms with van der Waals surface area (Å²) < 4.78 is 38.1. The summed E-state index contributed by atoms with van der Waals surface area (Å²) in [6.07, 6.45) is 3.63. The van der Waals surface area contributed by atoms with E-state index in [9.17, 15) is 18.8 Å². The van der Waals surface area contributed by atoms with Crippen molar-refractivity contribution in [1.29, 1.82) is 5.26 Å². The number of amides is 1. The van der Waals surface area contributed by atoms with Gasteiger partial charge in [-0.05, 0) is 43.2 Å². The molecule has 2 aromatic rings. The number of nitrogens with one attached hydrogen (secondary N) is 1. The Kier molecular flexibility index (Phi) is 8.16. The minimum absolute atomic E-state index is 0.105. The summed E-state index contributed by atoms with van der Waals surface area (Å²) >= 11 is 0. The van der Waals surface area contributed by atoms with Crippen molar-refractivity contribution >= 4 is 12.0 Å². The average Bonchev–Trinajstić information content (AvgIpc) is 2.70. The Morgan fingerprint density at radius 3 is 2.62 bits per heavy atom. The second-order valence-electron chi connectivity index (χ2n) is 6.06. The highest BCUT2D eigenvalue weighted by atomic mass is 19.1. The van der Waals surface area contributed by atoms with Crippen LogP contribution in [0.15, 0.2) is 42.5 Å². The second kappa shape index (κ2) is 10.8. The predicted octanol–water partition coefficient (Wildman–Crippen LogP) is 4.55. The van der Waals surface area contributed by atoms with Crippen LogP contribution in [-0.4, -0.2) is 19.1 Å².